The zero-order valence-electron chi connectivity index (χ0n) is 17.7. The van der Waals surface area contributed by atoms with Gasteiger partial charge in [-0.2, -0.15) is 0 Å². The lowest BCUT2D eigenvalue weighted by molar-refractivity contribution is 0.0693. The number of methoxy groups -OCH3 is 1. The Morgan fingerprint density at radius 1 is 1.29 bits per heavy atom. The molecule has 1 atom stereocenters. The first kappa shape index (κ1) is 20.2. The summed E-state index contributed by atoms with van der Waals surface area (Å²) in [4.78, 5) is 24.1. The van der Waals surface area contributed by atoms with E-state index in [4.69, 9.17) is 16.3 Å². The van der Waals surface area contributed by atoms with Gasteiger partial charge in [-0.05, 0) is 57.2 Å². The number of carboxylic acid groups (broad SMARTS) is 1. The lowest BCUT2D eigenvalue weighted by Gasteiger charge is -2.41. The summed E-state index contributed by atoms with van der Waals surface area (Å²) in [6.07, 6.45) is 5.60. The number of aromatic carboxylic acids is 1. The summed E-state index contributed by atoms with van der Waals surface area (Å²) < 4.78 is 7.28. The highest BCUT2D eigenvalue weighted by Crippen LogP contribution is 2.58. The molecule has 1 N–H and O–H groups in total. The summed E-state index contributed by atoms with van der Waals surface area (Å²) in [6.45, 7) is 3.79. The van der Waals surface area contributed by atoms with E-state index in [1.807, 2.05) is 30.7 Å². The molecule has 1 saturated heterocycles. The number of nitrogens with zero attached hydrogens (tertiary/aromatic N) is 2. The molecule has 0 amide bonds. The molecule has 3 aliphatic rings. The highest BCUT2D eigenvalue weighted by atomic mass is 35.5. The molecule has 3 heterocycles. The number of ether oxygens (including phenoxy) is 1. The molecule has 7 heteroatoms. The van der Waals surface area contributed by atoms with Gasteiger partial charge in [0.25, 0.3) is 0 Å². The number of aromatic nitrogens is 1. The van der Waals surface area contributed by atoms with Crippen molar-refractivity contribution in [3.05, 3.63) is 56.3 Å². The SMILES string of the molecule is COC(C)(C)C#Cc1cc2c(cc1Cl)-c1cc(=O)c(C(=O)O)cn1N1[C@@H]2CCC12CC2. The molecule has 2 aromatic rings. The van der Waals surface area contributed by atoms with Gasteiger partial charge in [-0.25, -0.2) is 4.79 Å². The van der Waals surface area contributed by atoms with Gasteiger partial charge in [0.05, 0.1) is 22.3 Å². The zero-order valence-corrected chi connectivity index (χ0v) is 18.4. The van der Waals surface area contributed by atoms with Crippen LogP contribution in [0.1, 0.15) is 67.1 Å². The number of benzene rings is 1. The maximum atomic E-state index is 12.5. The van der Waals surface area contributed by atoms with Crippen LogP contribution >= 0.6 is 11.6 Å². The van der Waals surface area contributed by atoms with Gasteiger partial charge in [0.1, 0.15) is 11.2 Å². The van der Waals surface area contributed by atoms with E-state index in [1.165, 1.54) is 12.3 Å². The summed E-state index contributed by atoms with van der Waals surface area (Å²) >= 11 is 6.59. The van der Waals surface area contributed by atoms with Crippen molar-refractivity contribution in [2.45, 2.75) is 56.7 Å². The number of halogens is 1. The minimum atomic E-state index is -1.21. The Labute approximate surface area is 185 Å². The largest absolute Gasteiger partial charge is 0.477 e. The Hall–Kier alpha value is -2.75. The Morgan fingerprint density at radius 3 is 2.68 bits per heavy atom. The smallest absolute Gasteiger partial charge is 0.341 e. The van der Waals surface area contributed by atoms with Crippen molar-refractivity contribution >= 4 is 17.6 Å². The summed E-state index contributed by atoms with van der Waals surface area (Å²) in [5.41, 5.74) is 2.05. The van der Waals surface area contributed by atoms with Crippen molar-refractivity contribution in [1.29, 1.82) is 0 Å². The minimum absolute atomic E-state index is 0.0332. The van der Waals surface area contributed by atoms with Gasteiger partial charge in [0.2, 0.25) is 0 Å². The van der Waals surface area contributed by atoms with E-state index in [2.05, 4.69) is 16.8 Å². The van der Waals surface area contributed by atoms with Crippen LogP contribution in [0.2, 0.25) is 5.02 Å². The first-order valence-electron chi connectivity index (χ1n) is 10.4. The Balaban J connectivity index is 1.73. The molecule has 0 unspecified atom stereocenters. The quantitative estimate of drug-likeness (QED) is 0.718. The molecule has 1 aromatic carbocycles. The van der Waals surface area contributed by atoms with E-state index in [0.717, 1.165) is 42.4 Å². The van der Waals surface area contributed by atoms with E-state index < -0.39 is 17.0 Å². The average molecular weight is 439 g/mol. The molecule has 0 radical (unpaired) electrons. The molecule has 0 bridgehead atoms. The third-order valence-corrected chi connectivity index (χ3v) is 7.08. The number of carboxylic acids is 1. The molecule has 6 nitrogen and oxygen atoms in total. The van der Waals surface area contributed by atoms with Crippen molar-refractivity contribution in [3.8, 4) is 23.1 Å². The molecule has 1 aromatic heterocycles. The lowest BCUT2D eigenvalue weighted by Crippen LogP contribution is -2.46. The van der Waals surface area contributed by atoms with E-state index in [1.54, 1.807) is 7.11 Å². The summed E-state index contributed by atoms with van der Waals surface area (Å²) in [5, 5.41) is 12.3. The van der Waals surface area contributed by atoms with Crippen LogP contribution in [0, 0.1) is 11.8 Å². The molecule has 1 spiro atoms. The van der Waals surface area contributed by atoms with Crippen LogP contribution in [-0.4, -0.2) is 34.0 Å². The van der Waals surface area contributed by atoms with Crippen LogP contribution in [0.4, 0.5) is 0 Å². The van der Waals surface area contributed by atoms with Crippen LogP contribution in [0.15, 0.2) is 29.2 Å². The van der Waals surface area contributed by atoms with Gasteiger partial charge in [-0.1, -0.05) is 23.4 Å². The normalized spacial score (nSPS) is 19.9. The number of hydrogen-bond donors (Lipinski definition) is 1. The summed E-state index contributed by atoms with van der Waals surface area (Å²) in [7, 11) is 1.62. The molecule has 2 fully saturated rings. The number of hydrogen-bond acceptors (Lipinski definition) is 4. The van der Waals surface area contributed by atoms with E-state index in [9.17, 15) is 14.7 Å². The molecule has 2 aliphatic heterocycles. The van der Waals surface area contributed by atoms with Gasteiger partial charge in [0.15, 0.2) is 5.43 Å². The Bertz CT molecular complexity index is 1250. The standard InChI is InChI=1S/C24H23ClN2O4/c1-23(2,31-3)6-4-14-10-15-16(11-18(14)25)20-12-21(28)17(22(29)30)13-26(20)27-19(15)5-7-24(27)8-9-24/h10-13,19H,5,7-9H2,1-3H3,(H,29,30)/t19-/m1/s1. The van der Waals surface area contributed by atoms with E-state index in [-0.39, 0.29) is 17.1 Å². The minimum Gasteiger partial charge on any atom is -0.477 e. The first-order chi connectivity index (χ1) is 14.7. The zero-order chi connectivity index (χ0) is 22.1. The fourth-order valence-electron chi connectivity index (χ4n) is 4.78. The topological polar surface area (TPSA) is 71.8 Å². The predicted octanol–water partition coefficient (Wildman–Crippen LogP) is 3.96. The highest BCUT2D eigenvalue weighted by Gasteiger charge is 2.57. The molecule has 160 valence electrons. The average Bonchev–Trinajstić information content (AvgIpc) is 3.40. The van der Waals surface area contributed by atoms with Crippen molar-refractivity contribution in [1.82, 2.24) is 4.68 Å². The summed E-state index contributed by atoms with van der Waals surface area (Å²) in [6, 6.07) is 5.38. The number of rotatable bonds is 2. The van der Waals surface area contributed by atoms with Crippen LogP contribution in [0.5, 0.6) is 0 Å². The molecule has 1 aliphatic carbocycles. The third-order valence-electron chi connectivity index (χ3n) is 6.77. The van der Waals surface area contributed by atoms with Crippen molar-refractivity contribution < 1.29 is 14.6 Å². The van der Waals surface area contributed by atoms with Gasteiger partial charge in [-0.3, -0.25) is 14.5 Å². The number of fused-ring (bicyclic) bond motifs is 7. The highest BCUT2D eigenvalue weighted by molar-refractivity contribution is 6.32. The molecule has 31 heavy (non-hydrogen) atoms. The fourth-order valence-corrected chi connectivity index (χ4v) is 4.99. The summed E-state index contributed by atoms with van der Waals surface area (Å²) in [5.74, 6) is 5.06. The van der Waals surface area contributed by atoms with E-state index >= 15 is 0 Å². The number of pyridine rings is 1. The lowest BCUT2D eigenvalue weighted by atomic mass is 9.92. The first-order valence-corrected chi connectivity index (χ1v) is 10.8. The van der Waals surface area contributed by atoms with Crippen LogP contribution < -0.4 is 10.4 Å². The van der Waals surface area contributed by atoms with Gasteiger partial charge in [0, 0.05) is 30.5 Å². The maximum Gasteiger partial charge on any atom is 0.341 e. The van der Waals surface area contributed by atoms with Gasteiger partial charge < -0.3 is 9.84 Å². The fraction of sp³-hybridized carbons (Fsp3) is 0.417. The van der Waals surface area contributed by atoms with E-state index in [0.29, 0.717) is 10.7 Å². The van der Waals surface area contributed by atoms with Crippen LogP contribution in [0.3, 0.4) is 0 Å². The predicted molar refractivity (Wildman–Crippen MR) is 118 cm³/mol. The number of carbonyl (C=O) groups is 1. The van der Waals surface area contributed by atoms with Crippen molar-refractivity contribution in [3.63, 3.8) is 0 Å². The molecule has 5 rings (SSSR count). The Morgan fingerprint density at radius 2 is 2.03 bits per heavy atom. The van der Waals surface area contributed by atoms with Crippen molar-refractivity contribution in [2.75, 3.05) is 12.1 Å². The third kappa shape index (κ3) is 3.07. The second-order valence-electron chi connectivity index (χ2n) is 9.09. The van der Waals surface area contributed by atoms with Crippen LogP contribution in [-0.2, 0) is 4.74 Å². The Kier molecular flexibility index (Phi) is 4.31. The van der Waals surface area contributed by atoms with Crippen LogP contribution in [0.25, 0.3) is 11.3 Å². The monoisotopic (exact) mass is 438 g/mol. The molecular formula is C24H23ClN2O4. The maximum absolute atomic E-state index is 12.5. The van der Waals surface area contributed by atoms with Gasteiger partial charge >= 0.3 is 5.97 Å². The molecule has 1 saturated carbocycles. The van der Waals surface area contributed by atoms with Gasteiger partial charge in [-0.15, -0.1) is 0 Å². The molecular weight excluding hydrogens is 416 g/mol. The second kappa shape index (κ2) is 6.62. The second-order valence-corrected chi connectivity index (χ2v) is 9.50. The van der Waals surface area contributed by atoms with Crippen molar-refractivity contribution in [2.24, 2.45) is 0 Å².